The molecule has 0 aromatic carbocycles. The van der Waals surface area contributed by atoms with Crippen LogP contribution in [0.25, 0.3) is 0 Å². The summed E-state index contributed by atoms with van der Waals surface area (Å²) >= 11 is 0. The summed E-state index contributed by atoms with van der Waals surface area (Å²) in [4.78, 5) is 0. The first kappa shape index (κ1) is 6.68. The van der Waals surface area contributed by atoms with Gasteiger partial charge in [0.1, 0.15) is 0 Å². The third-order valence-corrected chi connectivity index (χ3v) is 3.33. The number of hydrogen-bond donors (Lipinski definition) is 1. The maximum absolute atomic E-state index is 5.85. The molecule has 0 radical (unpaired) electrons. The summed E-state index contributed by atoms with van der Waals surface area (Å²) in [6.45, 7) is 0. The van der Waals surface area contributed by atoms with Gasteiger partial charge in [0.2, 0.25) is 0 Å². The quantitative estimate of drug-likeness (QED) is 0.526. The van der Waals surface area contributed by atoms with Gasteiger partial charge in [0, 0.05) is 6.04 Å². The van der Waals surface area contributed by atoms with Crippen LogP contribution in [0.4, 0.5) is 0 Å². The second-order valence-electron chi connectivity index (χ2n) is 3.68. The van der Waals surface area contributed by atoms with Crippen LogP contribution in [0.1, 0.15) is 6.42 Å². The van der Waals surface area contributed by atoms with Crippen molar-refractivity contribution in [3.05, 3.63) is 12.2 Å². The van der Waals surface area contributed by atoms with E-state index < -0.39 is 0 Å². The Labute approximate surface area is 67.1 Å². The van der Waals surface area contributed by atoms with Gasteiger partial charge in [0.25, 0.3) is 0 Å². The van der Waals surface area contributed by atoms with Gasteiger partial charge in [-0.3, -0.25) is 0 Å². The van der Waals surface area contributed by atoms with Crippen LogP contribution in [0.3, 0.4) is 0 Å². The summed E-state index contributed by atoms with van der Waals surface area (Å²) < 4.78 is 0. The first-order valence-corrected chi connectivity index (χ1v) is 3.82. The van der Waals surface area contributed by atoms with Crippen molar-refractivity contribution in [3.63, 3.8) is 0 Å². The van der Waals surface area contributed by atoms with Gasteiger partial charge in [-0.15, -0.1) is 12.4 Å². The van der Waals surface area contributed by atoms with Crippen molar-refractivity contribution in [2.45, 2.75) is 12.5 Å². The van der Waals surface area contributed by atoms with Gasteiger partial charge < -0.3 is 5.73 Å². The first-order valence-electron chi connectivity index (χ1n) is 3.82. The molecule has 4 atom stereocenters. The van der Waals surface area contributed by atoms with Crippen LogP contribution >= 0.6 is 12.4 Å². The molecule has 2 heteroatoms. The van der Waals surface area contributed by atoms with Gasteiger partial charge in [0.15, 0.2) is 0 Å². The summed E-state index contributed by atoms with van der Waals surface area (Å²) in [5.74, 6) is 3.57. The van der Waals surface area contributed by atoms with Crippen molar-refractivity contribution < 1.29 is 0 Å². The SMILES string of the molecule is Cl.NC1C2C3C=CC(C3)C12. The molecule has 2 bridgehead atoms. The predicted octanol–water partition coefficient (Wildman–Crippen LogP) is 1.19. The van der Waals surface area contributed by atoms with Crippen molar-refractivity contribution >= 4 is 12.4 Å². The molecule has 1 nitrogen and oxygen atoms in total. The second kappa shape index (κ2) is 1.77. The van der Waals surface area contributed by atoms with E-state index in [4.69, 9.17) is 5.73 Å². The molecule has 0 spiro atoms. The molecule has 0 amide bonds. The van der Waals surface area contributed by atoms with Crippen LogP contribution in [-0.2, 0) is 0 Å². The molecule has 3 aliphatic rings. The van der Waals surface area contributed by atoms with Crippen molar-refractivity contribution in [3.8, 4) is 0 Å². The Bertz CT molecular complexity index is 172. The highest BCUT2D eigenvalue weighted by Gasteiger charge is 2.61. The van der Waals surface area contributed by atoms with Crippen LogP contribution in [0, 0.1) is 23.7 Å². The lowest BCUT2D eigenvalue weighted by Gasteiger charge is -2.02. The predicted molar refractivity (Wildman–Crippen MR) is 42.9 cm³/mol. The molecule has 2 fully saturated rings. The van der Waals surface area contributed by atoms with Crippen LogP contribution in [0.2, 0.25) is 0 Å². The van der Waals surface area contributed by atoms with E-state index in [1.165, 1.54) is 6.42 Å². The zero-order valence-electron chi connectivity index (χ0n) is 5.73. The average Bonchev–Trinajstić information content (AvgIpc) is 2.29. The van der Waals surface area contributed by atoms with Crippen LogP contribution < -0.4 is 5.73 Å². The van der Waals surface area contributed by atoms with Crippen molar-refractivity contribution in [1.82, 2.24) is 0 Å². The monoisotopic (exact) mass is 157 g/mol. The Morgan fingerprint density at radius 2 is 1.60 bits per heavy atom. The molecule has 2 N–H and O–H groups in total. The minimum absolute atomic E-state index is 0. The zero-order chi connectivity index (χ0) is 6.01. The molecule has 3 rings (SSSR count). The lowest BCUT2D eigenvalue weighted by atomic mass is 10.1. The van der Waals surface area contributed by atoms with Crippen molar-refractivity contribution in [1.29, 1.82) is 0 Å². The van der Waals surface area contributed by atoms with Crippen molar-refractivity contribution in [2.75, 3.05) is 0 Å². The molecule has 0 saturated heterocycles. The average molecular weight is 158 g/mol. The first-order chi connectivity index (χ1) is 4.38. The highest BCUT2D eigenvalue weighted by molar-refractivity contribution is 5.85. The fourth-order valence-electron chi connectivity index (χ4n) is 2.85. The van der Waals surface area contributed by atoms with Gasteiger partial charge in [0.05, 0.1) is 0 Å². The molecule has 10 heavy (non-hydrogen) atoms. The molecule has 0 heterocycles. The number of allylic oxidation sites excluding steroid dienone is 2. The maximum Gasteiger partial charge on any atom is 0.0114 e. The zero-order valence-corrected chi connectivity index (χ0v) is 6.55. The standard InChI is InChI=1S/C8H11N.ClH/c9-8-6-4-1-2-5(3-4)7(6)8;/h1-2,4-8H,3,9H2;1H. The van der Waals surface area contributed by atoms with Gasteiger partial charge in [-0.25, -0.2) is 0 Å². The molecule has 2 saturated carbocycles. The van der Waals surface area contributed by atoms with E-state index in [1.54, 1.807) is 0 Å². The number of rotatable bonds is 0. The number of halogens is 1. The summed E-state index contributed by atoms with van der Waals surface area (Å²) in [5.41, 5.74) is 5.85. The van der Waals surface area contributed by atoms with E-state index >= 15 is 0 Å². The molecule has 4 unspecified atom stereocenters. The van der Waals surface area contributed by atoms with E-state index in [9.17, 15) is 0 Å². The highest BCUT2D eigenvalue weighted by atomic mass is 35.5. The van der Waals surface area contributed by atoms with Gasteiger partial charge in [-0.05, 0) is 30.1 Å². The summed E-state index contributed by atoms with van der Waals surface area (Å²) in [5, 5.41) is 0. The summed E-state index contributed by atoms with van der Waals surface area (Å²) in [7, 11) is 0. The van der Waals surface area contributed by atoms with E-state index in [2.05, 4.69) is 12.2 Å². The number of fused-ring (bicyclic) bond motifs is 5. The van der Waals surface area contributed by atoms with Crippen LogP contribution in [0.15, 0.2) is 12.2 Å². The van der Waals surface area contributed by atoms with E-state index in [-0.39, 0.29) is 12.4 Å². The van der Waals surface area contributed by atoms with E-state index in [0.29, 0.717) is 6.04 Å². The fraction of sp³-hybridized carbons (Fsp3) is 0.750. The molecular weight excluding hydrogens is 146 g/mol. The van der Waals surface area contributed by atoms with Gasteiger partial charge >= 0.3 is 0 Å². The summed E-state index contributed by atoms with van der Waals surface area (Å²) in [6, 6.07) is 0.573. The smallest absolute Gasteiger partial charge is 0.0114 e. The normalized spacial score (nSPS) is 59.9. The summed E-state index contributed by atoms with van der Waals surface area (Å²) in [6.07, 6.45) is 6.17. The lowest BCUT2D eigenvalue weighted by Crippen LogP contribution is -2.12. The largest absolute Gasteiger partial charge is 0.327 e. The Morgan fingerprint density at radius 3 is 2.00 bits per heavy atom. The second-order valence-corrected chi connectivity index (χ2v) is 3.68. The lowest BCUT2D eigenvalue weighted by molar-refractivity contribution is 0.540. The maximum atomic E-state index is 5.85. The molecule has 0 aliphatic heterocycles. The number of hydrogen-bond acceptors (Lipinski definition) is 1. The Hall–Kier alpha value is -0.0100. The molecule has 0 aromatic heterocycles. The van der Waals surface area contributed by atoms with Gasteiger partial charge in [-0.2, -0.15) is 0 Å². The van der Waals surface area contributed by atoms with Crippen LogP contribution in [-0.4, -0.2) is 6.04 Å². The Balaban J connectivity index is 0.000000403. The number of nitrogens with two attached hydrogens (primary N) is 1. The van der Waals surface area contributed by atoms with Gasteiger partial charge in [-0.1, -0.05) is 12.2 Å². The highest BCUT2D eigenvalue weighted by Crippen LogP contribution is 2.61. The molecule has 3 aliphatic carbocycles. The molecule has 56 valence electrons. The Kier molecular flexibility index (Phi) is 1.19. The van der Waals surface area contributed by atoms with Crippen molar-refractivity contribution in [2.24, 2.45) is 29.4 Å². The van der Waals surface area contributed by atoms with E-state index in [0.717, 1.165) is 23.7 Å². The molecular formula is C8H12ClN. The minimum Gasteiger partial charge on any atom is -0.327 e. The topological polar surface area (TPSA) is 26.0 Å². The van der Waals surface area contributed by atoms with Crippen LogP contribution in [0.5, 0.6) is 0 Å². The fourth-order valence-corrected chi connectivity index (χ4v) is 2.85. The Morgan fingerprint density at radius 1 is 1.10 bits per heavy atom. The molecule has 0 aromatic rings. The minimum atomic E-state index is 0. The third kappa shape index (κ3) is 0.536. The van der Waals surface area contributed by atoms with E-state index in [1.807, 2.05) is 0 Å². The third-order valence-electron chi connectivity index (χ3n) is 3.33.